The van der Waals surface area contributed by atoms with Gasteiger partial charge in [0.05, 0.1) is 10.5 Å². The lowest BCUT2D eigenvalue weighted by atomic mass is 10.1. The Bertz CT molecular complexity index is 609. The minimum atomic E-state index is -0.863. The molecule has 18 heavy (non-hydrogen) atoms. The summed E-state index contributed by atoms with van der Waals surface area (Å²) in [6, 6.07) is 5.64. The van der Waals surface area contributed by atoms with Crippen LogP contribution in [0.25, 0.3) is 11.3 Å². The normalized spacial score (nSPS) is 10.0. The van der Waals surface area contributed by atoms with E-state index in [1.807, 2.05) is 0 Å². The van der Waals surface area contributed by atoms with Gasteiger partial charge < -0.3 is 0 Å². The van der Waals surface area contributed by atoms with Crippen molar-refractivity contribution in [2.24, 2.45) is 0 Å². The van der Waals surface area contributed by atoms with Crippen LogP contribution in [0.15, 0.2) is 28.9 Å². The Labute approximate surface area is 98.5 Å². The fourth-order valence-electron chi connectivity index (χ4n) is 1.36. The average Bonchev–Trinajstić information content (AvgIpc) is 2.76. The lowest BCUT2D eigenvalue weighted by molar-refractivity contribution is -0.445. The summed E-state index contributed by atoms with van der Waals surface area (Å²) in [6.45, 7) is 0. The number of rotatable bonds is 4. The summed E-state index contributed by atoms with van der Waals surface area (Å²) in [4.78, 5) is 20.5. The standard InChI is InChI=1S/C8H5N5O5/c14-12(15)6-4-2-1-3-5(6)7-8(9-13(16)17)11-18-10-7/h1-4H,(H,9,11). The van der Waals surface area contributed by atoms with Gasteiger partial charge in [-0.1, -0.05) is 17.6 Å². The first kappa shape index (κ1) is 11.4. The van der Waals surface area contributed by atoms with E-state index < -0.39 is 9.96 Å². The maximum atomic E-state index is 10.8. The van der Waals surface area contributed by atoms with Crippen molar-refractivity contribution in [1.29, 1.82) is 0 Å². The molecule has 0 unspecified atom stereocenters. The number of anilines is 1. The zero-order valence-electron chi connectivity index (χ0n) is 8.64. The maximum Gasteiger partial charge on any atom is 0.279 e. The molecule has 2 aromatic rings. The first-order valence-electron chi connectivity index (χ1n) is 4.57. The summed E-state index contributed by atoms with van der Waals surface area (Å²) in [5.41, 5.74) is 1.48. The van der Waals surface area contributed by atoms with Crippen LogP contribution in [-0.4, -0.2) is 20.3 Å². The van der Waals surface area contributed by atoms with Gasteiger partial charge >= 0.3 is 0 Å². The summed E-state index contributed by atoms with van der Waals surface area (Å²) < 4.78 is 4.35. The zero-order valence-corrected chi connectivity index (χ0v) is 8.64. The average molecular weight is 251 g/mol. The van der Waals surface area contributed by atoms with Crippen LogP contribution >= 0.6 is 0 Å². The van der Waals surface area contributed by atoms with Gasteiger partial charge in [-0.2, -0.15) is 0 Å². The molecule has 0 fully saturated rings. The fraction of sp³-hybridized carbons (Fsp3) is 0. The van der Waals surface area contributed by atoms with E-state index in [2.05, 4.69) is 14.9 Å². The van der Waals surface area contributed by atoms with Crippen LogP contribution in [0.2, 0.25) is 0 Å². The van der Waals surface area contributed by atoms with Gasteiger partial charge in [0.25, 0.3) is 11.5 Å². The Morgan fingerprint density at radius 3 is 2.56 bits per heavy atom. The quantitative estimate of drug-likeness (QED) is 0.632. The van der Waals surface area contributed by atoms with E-state index in [0.717, 1.165) is 0 Å². The second-order valence-electron chi connectivity index (χ2n) is 3.10. The third-order valence-corrected chi connectivity index (χ3v) is 2.04. The number of nitro benzene ring substituents is 1. The molecular weight excluding hydrogens is 246 g/mol. The summed E-state index contributed by atoms with van der Waals surface area (Å²) in [5, 5.41) is 27.0. The molecule has 1 heterocycles. The Kier molecular flexibility index (Phi) is 2.83. The Morgan fingerprint density at radius 2 is 1.89 bits per heavy atom. The minimum Gasteiger partial charge on any atom is -0.258 e. The molecule has 0 radical (unpaired) electrons. The molecule has 0 saturated heterocycles. The van der Waals surface area contributed by atoms with Crippen molar-refractivity contribution in [1.82, 2.24) is 10.3 Å². The number of nitrogens with zero attached hydrogens (tertiary/aromatic N) is 4. The number of nitrogens with one attached hydrogen (secondary N) is 1. The molecule has 0 aliphatic heterocycles. The van der Waals surface area contributed by atoms with E-state index in [9.17, 15) is 20.2 Å². The predicted molar refractivity (Wildman–Crippen MR) is 57.0 cm³/mol. The lowest BCUT2D eigenvalue weighted by Crippen LogP contribution is -2.09. The van der Waals surface area contributed by atoms with E-state index in [1.54, 1.807) is 5.43 Å². The summed E-state index contributed by atoms with van der Waals surface area (Å²) in [5.74, 6) is -0.297. The number of hydrogen-bond acceptors (Lipinski definition) is 7. The molecule has 0 amide bonds. The van der Waals surface area contributed by atoms with Gasteiger partial charge in [-0.3, -0.25) is 10.1 Å². The first-order valence-corrected chi connectivity index (χ1v) is 4.57. The molecule has 10 heteroatoms. The molecule has 0 bridgehead atoms. The number of hydrazine groups is 1. The van der Waals surface area contributed by atoms with E-state index in [4.69, 9.17) is 0 Å². The van der Waals surface area contributed by atoms with Crippen LogP contribution in [0, 0.1) is 20.2 Å². The van der Waals surface area contributed by atoms with Gasteiger partial charge in [-0.05, 0) is 16.4 Å². The molecule has 1 N–H and O–H groups in total. The highest BCUT2D eigenvalue weighted by atomic mass is 16.7. The first-order chi connectivity index (χ1) is 8.59. The van der Waals surface area contributed by atoms with Crippen molar-refractivity contribution in [3.05, 3.63) is 44.5 Å². The molecule has 0 aliphatic rings. The number of hydrogen-bond donors (Lipinski definition) is 1. The van der Waals surface area contributed by atoms with Crippen LogP contribution in [-0.2, 0) is 0 Å². The molecule has 2 rings (SSSR count). The third-order valence-electron chi connectivity index (χ3n) is 2.04. The zero-order chi connectivity index (χ0) is 13.1. The lowest BCUT2D eigenvalue weighted by Gasteiger charge is -1.98. The van der Waals surface area contributed by atoms with Crippen molar-refractivity contribution in [2.75, 3.05) is 5.43 Å². The monoisotopic (exact) mass is 251 g/mol. The van der Waals surface area contributed by atoms with Crippen LogP contribution in [0.1, 0.15) is 0 Å². The smallest absolute Gasteiger partial charge is 0.258 e. The topological polar surface area (TPSA) is 137 Å². The van der Waals surface area contributed by atoms with Crippen LogP contribution in [0.4, 0.5) is 11.5 Å². The van der Waals surface area contributed by atoms with Gasteiger partial charge in [0.1, 0.15) is 0 Å². The number of nitro groups is 2. The van der Waals surface area contributed by atoms with Gasteiger partial charge in [0, 0.05) is 6.07 Å². The molecule has 92 valence electrons. The molecule has 1 aromatic carbocycles. The molecule has 0 atom stereocenters. The highest BCUT2D eigenvalue weighted by Crippen LogP contribution is 2.31. The van der Waals surface area contributed by atoms with E-state index >= 15 is 0 Å². The fourth-order valence-corrected chi connectivity index (χ4v) is 1.36. The molecular formula is C8H5N5O5. The van der Waals surface area contributed by atoms with Crippen molar-refractivity contribution < 1.29 is 14.6 Å². The van der Waals surface area contributed by atoms with Crippen molar-refractivity contribution in [2.45, 2.75) is 0 Å². The maximum absolute atomic E-state index is 10.8. The summed E-state index contributed by atoms with van der Waals surface area (Å²) in [6.07, 6.45) is 0. The largest absolute Gasteiger partial charge is 0.279 e. The van der Waals surface area contributed by atoms with E-state index in [-0.39, 0.29) is 22.8 Å². The highest BCUT2D eigenvalue weighted by Gasteiger charge is 2.23. The van der Waals surface area contributed by atoms with Crippen LogP contribution in [0.3, 0.4) is 0 Å². The number of aromatic nitrogens is 2. The van der Waals surface area contributed by atoms with Gasteiger partial charge in [-0.15, -0.1) is 0 Å². The van der Waals surface area contributed by atoms with Gasteiger partial charge in [0.2, 0.25) is 0 Å². The van der Waals surface area contributed by atoms with E-state index in [1.165, 1.54) is 24.3 Å². The van der Waals surface area contributed by atoms with Crippen molar-refractivity contribution in [3.8, 4) is 11.3 Å². The third kappa shape index (κ3) is 2.07. The van der Waals surface area contributed by atoms with Gasteiger partial charge in [-0.25, -0.2) is 14.7 Å². The second-order valence-corrected chi connectivity index (χ2v) is 3.10. The van der Waals surface area contributed by atoms with Crippen molar-refractivity contribution in [3.63, 3.8) is 0 Å². The SMILES string of the molecule is O=[N+]([O-])Nc1nonc1-c1ccccc1[N+](=O)[O-]. The Balaban J connectivity index is 2.52. The van der Waals surface area contributed by atoms with Crippen LogP contribution in [0.5, 0.6) is 0 Å². The second kappa shape index (κ2) is 4.45. The molecule has 0 saturated carbocycles. The summed E-state index contributed by atoms with van der Waals surface area (Å²) >= 11 is 0. The minimum absolute atomic E-state index is 0.0769. The Hall–Kier alpha value is -3.04. The van der Waals surface area contributed by atoms with Crippen LogP contribution < -0.4 is 5.43 Å². The molecule has 0 aliphatic carbocycles. The predicted octanol–water partition coefficient (Wildman–Crippen LogP) is 1.25. The Morgan fingerprint density at radius 1 is 1.17 bits per heavy atom. The molecule has 1 aromatic heterocycles. The van der Waals surface area contributed by atoms with Crippen molar-refractivity contribution >= 4 is 11.5 Å². The highest BCUT2D eigenvalue weighted by molar-refractivity contribution is 5.77. The van der Waals surface area contributed by atoms with Gasteiger partial charge in [0.15, 0.2) is 10.7 Å². The molecule has 0 spiro atoms. The molecule has 10 nitrogen and oxygen atoms in total. The number of para-hydroxylation sites is 1. The number of benzene rings is 1. The summed E-state index contributed by atoms with van der Waals surface area (Å²) in [7, 11) is 0. The van der Waals surface area contributed by atoms with E-state index in [0.29, 0.717) is 0 Å².